The molecule has 16 heavy (non-hydrogen) atoms. The van der Waals surface area contributed by atoms with Crippen molar-refractivity contribution in [1.82, 2.24) is 10.6 Å². The first-order valence-corrected chi connectivity index (χ1v) is 5.24. The van der Waals surface area contributed by atoms with Gasteiger partial charge in [0.15, 0.2) is 0 Å². The Morgan fingerprint density at radius 2 is 2.19 bits per heavy atom. The summed E-state index contributed by atoms with van der Waals surface area (Å²) < 4.78 is 4.53. The average molecular weight is 251 g/mol. The van der Waals surface area contributed by atoms with Crippen molar-refractivity contribution in [3.05, 3.63) is 0 Å². The van der Waals surface area contributed by atoms with E-state index < -0.39 is 12.0 Å². The molecule has 1 aliphatic heterocycles. The summed E-state index contributed by atoms with van der Waals surface area (Å²) in [4.78, 5) is 22.7. The van der Waals surface area contributed by atoms with E-state index >= 15 is 0 Å². The quantitative estimate of drug-likeness (QED) is 0.697. The smallest absolute Gasteiger partial charge is 0.328 e. The number of carbonyl (C=O) groups excluding carboxylic acids is 2. The van der Waals surface area contributed by atoms with E-state index in [2.05, 4.69) is 15.4 Å². The molecule has 0 aromatic rings. The van der Waals surface area contributed by atoms with E-state index in [0.717, 1.165) is 19.4 Å². The molecule has 0 radical (unpaired) electrons. The van der Waals surface area contributed by atoms with Crippen LogP contribution in [0.2, 0.25) is 0 Å². The summed E-state index contributed by atoms with van der Waals surface area (Å²) in [5.74, 6) is -0.502. The number of amides is 1. The van der Waals surface area contributed by atoms with Gasteiger partial charge in [-0.25, -0.2) is 4.79 Å². The first-order valence-electron chi connectivity index (χ1n) is 5.24. The summed E-state index contributed by atoms with van der Waals surface area (Å²) in [5, 5.41) is 5.80. The molecule has 0 spiro atoms. The number of nitrogens with one attached hydrogen (secondary N) is 2. The number of hydrogen-bond acceptors (Lipinski definition) is 4. The Kier molecular flexibility index (Phi) is 7.08. The second kappa shape index (κ2) is 7.46. The number of hydrogen-bond donors (Lipinski definition) is 2. The van der Waals surface area contributed by atoms with Crippen molar-refractivity contribution in [2.75, 3.05) is 20.2 Å². The largest absolute Gasteiger partial charge is 0.467 e. The highest BCUT2D eigenvalue weighted by Gasteiger charge is 2.24. The number of carbonyl (C=O) groups is 2. The zero-order valence-corrected chi connectivity index (χ0v) is 10.4. The molecule has 1 rings (SSSR count). The third-order valence-corrected chi connectivity index (χ3v) is 2.58. The SMILES string of the molecule is COC(=O)C(C)NC(=O)C1CCCNC1.Cl. The number of ether oxygens (including phenoxy) is 1. The Bertz CT molecular complexity index is 242. The van der Waals surface area contributed by atoms with Gasteiger partial charge in [0.2, 0.25) is 5.91 Å². The van der Waals surface area contributed by atoms with Crippen molar-refractivity contribution in [2.45, 2.75) is 25.8 Å². The summed E-state index contributed by atoms with van der Waals surface area (Å²) >= 11 is 0. The van der Waals surface area contributed by atoms with E-state index in [0.29, 0.717) is 6.54 Å². The van der Waals surface area contributed by atoms with Gasteiger partial charge in [0, 0.05) is 6.54 Å². The number of rotatable bonds is 3. The van der Waals surface area contributed by atoms with Gasteiger partial charge in [-0.1, -0.05) is 0 Å². The fourth-order valence-electron chi connectivity index (χ4n) is 1.64. The molecular formula is C10H19ClN2O3. The lowest BCUT2D eigenvalue weighted by Crippen LogP contribution is -2.46. The molecule has 6 heteroatoms. The van der Waals surface area contributed by atoms with Gasteiger partial charge in [-0.15, -0.1) is 12.4 Å². The van der Waals surface area contributed by atoms with Gasteiger partial charge in [-0.3, -0.25) is 4.79 Å². The van der Waals surface area contributed by atoms with Crippen LogP contribution in [0.25, 0.3) is 0 Å². The van der Waals surface area contributed by atoms with E-state index in [1.54, 1.807) is 6.92 Å². The Balaban J connectivity index is 0.00000225. The van der Waals surface area contributed by atoms with Crippen molar-refractivity contribution in [1.29, 1.82) is 0 Å². The van der Waals surface area contributed by atoms with Crippen LogP contribution in [0.1, 0.15) is 19.8 Å². The minimum absolute atomic E-state index is 0. The minimum Gasteiger partial charge on any atom is -0.467 e. The van der Waals surface area contributed by atoms with Gasteiger partial charge in [0.25, 0.3) is 0 Å². The zero-order chi connectivity index (χ0) is 11.3. The Hall–Kier alpha value is -0.810. The monoisotopic (exact) mass is 250 g/mol. The van der Waals surface area contributed by atoms with Crippen molar-refractivity contribution in [2.24, 2.45) is 5.92 Å². The summed E-state index contributed by atoms with van der Waals surface area (Å²) in [7, 11) is 1.31. The molecule has 5 nitrogen and oxygen atoms in total. The molecule has 0 aromatic carbocycles. The average Bonchev–Trinajstić information content (AvgIpc) is 2.29. The highest BCUT2D eigenvalue weighted by molar-refractivity contribution is 5.85. The van der Waals surface area contributed by atoms with Gasteiger partial charge in [-0.2, -0.15) is 0 Å². The third kappa shape index (κ3) is 4.37. The molecule has 94 valence electrons. The van der Waals surface area contributed by atoms with E-state index in [-0.39, 0.29) is 24.2 Å². The topological polar surface area (TPSA) is 67.4 Å². The Morgan fingerprint density at radius 3 is 2.69 bits per heavy atom. The second-order valence-corrected chi connectivity index (χ2v) is 3.80. The molecule has 1 heterocycles. The fraction of sp³-hybridized carbons (Fsp3) is 0.800. The molecule has 1 saturated heterocycles. The van der Waals surface area contributed by atoms with Crippen LogP contribution < -0.4 is 10.6 Å². The highest BCUT2D eigenvalue weighted by Crippen LogP contribution is 2.09. The van der Waals surface area contributed by atoms with Gasteiger partial charge in [-0.05, 0) is 26.3 Å². The number of methoxy groups -OCH3 is 1. The molecule has 1 fully saturated rings. The van der Waals surface area contributed by atoms with Gasteiger partial charge >= 0.3 is 5.97 Å². The highest BCUT2D eigenvalue weighted by atomic mass is 35.5. The zero-order valence-electron chi connectivity index (χ0n) is 9.62. The molecule has 0 bridgehead atoms. The molecule has 0 aromatic heterocycles. The number of halogens is 1. The predicted molar refractivity (Wildman–Crippen MR) is 62.5 cm³/mol. The van der Waals surface area contributed by atoms with Crippen LogP contribution in [0.5, 0.6) is 0 Å². The lowest BCUT2D eigenvalue weighted by Gasteiger charge is -2.23. The van der Waals surface area contributed by atoms with E-state index in [1.165, 1.54) is 7.11 Å². The summed E-state index contributed by atoms with van der Waals surface area (Å²) in [6.45, 7) is 3.29. The Morgan fingerprint density at radius 1 is 1.50 bits per heavy atom. The van der Waals surface area contributed by atoms with E-state index in [1.807, 2.05) is 0 Å². The summed E-state index contributed by atoms with van der Waals surface area (Å²) in [6, 6.07) is -0.565. The number of esters is 1. The predicted octanol–water partition coefficient (Wildman–Crippen LogP) is 0.0855. The van der Waals surface area contributed by atoms with Crippen LogP contribution in [0.4, 0.5) is 0 Å². The molecular weight excluding hydrogens is 232 g/mol. The molecule has 1 aliphatic rings. The van der Waals surface area contributed by atoms with Crippen LogP contribution >= 0.6 is 12.4 Å². The molecule has 1 amide bonds. The van der Waals surface area contributed by atoms with Crippen LogP contribution in [-0.4, -0.2) is 38.1 Å². The van der Waals surface area contributed by atoms with Gasteiger partial charge in [0.05, 0.1) is 13.0 Å². The van der Waals surface area contributed by atoms with Crippen LogP contribution in [0.3, 0.4) is 0 Å². The van der Waals surface area contributed by atoms with Crippen LogP contribution in [0, 0.1) is 5.92 Å². The molecule has 0 saturated carbocycles. The minimum atomic E-state index is -0.565. The maximum Gasteiger partial charge on any atom is 0.328 e. The molecule has 2 N–H and O–H groups in total. The first-order chi connectivity index (χ1) is 7.15. The molecule has 0 aliphatic carbocycles. The van der Waals surface area contributed by atoms with Crippen molar-refractivity contribution < 1.29 is 14.3 Å². The molecule has 2 atom stereocenters. The van der Waals surface area contributed by atoms with Gasteiger partial charge < -0.3 is 15.4 Å². The maximum absolute atomic E-state index is 11.7. The van der Waals surface area contributed by atoms with Crippen molar-refractivity contribution >= 4 is 24.3 Å². The lowest BCUT2D eigenvalue weighted by molar-refractivity contribution is -0.145. The number of piperidine rings is 1. The normalized spacial score (nSPS) is 21.5. The first kappa shape index (κ1) is 15.2. The summed E-state index contributed by atoms with van der Waals surface area (Å²) in [5.41, 5.74) is 0. The Labute approximate surface area is 102 Å². The molecule has 2 unspecified atom stereocenters. The van der Waals surface area contributed by atoms with Crippen LogP contribution in [0.15, 0.2) is 0 Å². The van der Waals surface area contributed by atoms with Gasteiger partial charge in [0.1, 0.15) is 6.04 Å². The van der Waals surface area contributed by atoms with Crippen molar-refractivity contribution in [3.63, 3.8) is 0 Å². The fourth-order valence-corrected chi connectivity index (χ4v) is 1.64. The maximum atomic E-state index is 11.7. The van der Waals surface area contributed by atoms with Crippen LogP contribution in [-0.2, 0) is 14.3 Å². The summed E-state index contributed by atoms with van der Waals surface area (Å²) in [6.07, 6.45) is 1.89. The van der Waals surface area contributed by atoms with E-state index in [4.69, 9.17) is 0 Å². The lowest BCUT2D eigenvalue weighted by atomic mass is 9.98. The third-order valence-electron chi connectivity index (χ3n) is 2.58. The second-order valence-electron chi connectivity index (χ2n) is 3.80. The standard InChI is InChI=1S/C10H18N2O3.ClH/c1-7(10(14)15-2)12-9(13)8-4-3-5-11-6-8;/h7-8,11H,3-6H2,1-2H3,(H,12,13);1H. The van der Waals surface area contributed by atoms with E-state index in [9.17, 15) is 9.59 Å². The van der Waals surface area contributed by atoms with Crippen molar-refractivity contribution in [3.8, 4) is 0 Å².